The fourth-order valence-corrected chi connectivity index (χ4v) is 1.69. The lowest BCUT2D eigenvalue weighted by molar-refractivity contribution is 0.416. The van der Waals surface area contributed by atoms with Crippen LogP contribution in [0.5, 0.6) is 11.5 Å². The second-order valence-electron chi connectivity index (χ2n) is 4.04. The Morgan fingerprint density at radius 3 is 2.58 bits per heavy atom. The van der Waals surface area contributed by atoms with Gasteiger partial charge in [-0.15, -0.1) is 0 Å². The number of rotatable bonds is 3. The molecule has 2 aromatic carbocycles. The van der Waals surface area contributed by atoms with E-state index >= 15 is 0 Å². The number of benzene rings is 2. The van der Waals surface area contributed by atoms with Gasteiger partial charge < -0.3 is 10.5 Å². The molecule has 2 rings (SSSR count). The Balaban J connectivity index is 2.32. The fraction of sp³-hybridized carbons (Fsp3) is 0.0714. The third kappa shape index (κ3) is 2.70. The zero-order valence-corrected chi connectivity index (χ0v) is 10.2. The first-order chi connectivity index (χ1) is 8.99. The van der Waals surface area contributed by atoms with E-state index in [-0.39, 0.29) is 11.6 Å². The molecule has 0 radical (unpaired) electrons. The maximum Gasteiger partial charge on any atom is 0.201 e. The molecular formula is C14H12F2N2O. The van der Waals surface area contributed by atoms with E-state index in [9.17, 15) is 8.78 Å². The van der Waals surface area contributed by atoms with E-state index in [4.69, 9.17) is 15.9 Å². The fourth-order valence-electron chi connectivity index (χ4n) is 1.69. The standard InChI is InChI=1S/C14H12F2N2O/c1-8-7-9(5-6-10(8)14(17)18)19-12-4-2-3-11(15)13(12)16/h2-7H,1H3,(H3,17,18). The Hall–Kier alpha value is -2.43. The van der Waals surface area contributed by atoms with Crippen molar-refractivity contribution in [1.29, 1.82) is 5.41 Å². The van der Waals surface area contributed by atoms with Crippen LogP contribution < -0.4 is 10.5 Å². The first-order valence-electron chi connectivity index (χ1n) is 5.56. The van der Waals surface area contributed by atoms with Gasteiger partial charge in [0.2, 0.25) is 5.82 Å². The van der Waals surface area contributed by atoms with E-state index in [2.05, 4.69) is 0 Å². The molecule has 0 amide bonds. The van der Waals surface area contributed by atoms with Crippen LogP contribution in [-0.2, 0) is 0 Å². The smallest absolute Gasteiger partial charge is 0.201 e. The van der Waals surface area contributed by atoms with E-state index in [1.165, 1.54) is 12.1 Å². The normalized spacial score (nSPS) is 10.3. The number of hydrogen-bond donors (Lipinski definition) is 2. The molecule has 0 aliphatic heterocycles. The van der Waals surface area contributed by atoms with Gasteiger partial charge in [0.15, 0.2) is 11.6 Å². The molecule has 0 aromatic heterocycles. The van der Waals surface area contributed by atoms with Crippen LogP contribution in [0.15, 0.2) is 36.4 Å². The summed E-state index contributed by atoms with van der Waals surface area (Å²) >= 11 is 0. The summed E-state index contributed by atoms with van der Waals surface area (Å²) in [6.45, 7) is 1.76. The molecule has 0 spiro atoms. The van der Waals surface area contributed by atoms with Crippen LogP contribution >= 0.6 is 0 Å². The Labute approximate surface area is 109 Å². The number of nitrogen functional groups attached to an aromatic ring is 1. The molecule has 0 bridgehead atoms. The number of nitrogens with two attached hydrogens (primary N) is 1. The lowest BCUT2D eigenvalue weighted by atomic mass is 10.1. The quantitative estimate of drug-likeness (QED) is 0.658. The molecule has 0 saturated carbocycles. The minimum Gasteiger partial charge on any atom is -0.454 e. The SMILES string of the molecule is Cc1cc(Oc2cccc(F)c2F)ccc1C(=N)N. The van der Waals surface area contributed by atoms with Gasteiger partial charge >= 0.3 is 0 Å². The van der Waals surface area contributed by atoms with Gasteiger partial charge in [-0.3, -0.25) is 5.41 Å². The number of amidine groups is 1. The van der Waals surface area contributed by atoms with Crippen LogP contribution in [-0.4, -0.2) is 5.84 Å². The predicted molar refractivity (Wildman–Crippen MR) is 68.6 cm³/mol. The molecule has 5 heteroatoms. The Morgan fingerprint density at radius 1 is 1.21 bits per heavy atom. The average Bonchev–Trinajstić information content (AvgIpc) is 2.34. The summed E-state index contributed by atoms with van der Waals surface area (Å²) in [5, 5.41) is 7.36. The molecule has 0 fully saturated rings. The summed E-state index contributed by atoms with van der Waals surface area (Å²) in [6.07, 6.45) is 0. The van der Waals surface area contributed by atoms with Crippen LogP contribution in [0.3, 0.4) is 0 Å². The highest BCUT2D eigenvalue weighted by molar-refractivity contribution is 5.96. The molecule has 3 nitrogen and oxygen atoms in total. The Kier molecular flexibility index (Phi) is 3.46. The van der Waals surface area contributed by atoms with Gasteiger partial charge in [-0.05, 0) is 42.8 Å². The number of hydrogen-bond acceptors (Lipinski definition) is 2. The molecule has 0 aliphatic carbocycles. The zero-order chi connectivity index (χ0) is 14.0. The van der Waals surface area contributed by atoms with Crippen LogP contribution in [0.2, 0.25) is 0 Å². The molecule has 0 unspecified atom stereocenters. The maximum atomic E-state index is 13.4. The zero-order valence-electron chi connectivity index (χ0n) is 10.2. The van der Waals surface area contributed by atoms with Crippen molar-refractivity contribution in [2.75, 3.05) is 0 Å². The van der Waals surface area contributed by atoms with Gasteiger partial charge in [0.1, 0.15) is 11.6 Å². The van der Waals surface area contributed by atoms with E-state index in [1.54, 1.807) is 25.1 Å². The second kappa shape index (κ2) is 5.06. The van der Waals surface area contributed by atoms with Gasteiger partial charge in [-0.2, -0.15) is 4.39 Å². The van der Waals surface area contributed by atoms with Gasteiger partial charge in [0.05, 0.1) is 0 Å². The Bertz CT molecular complexity index is 641. The maximum absolute atomic E-state index is 13.4. The van der Waals surface area contributed by atoms with E-state index in [0.717, 1.165) is 11.6 Å². The molecule has 0 heterocycles. The monoisotopic (exact) mass is 262 g/mol. The molecule has 0 saturated heterocycles. The van der Waals surface area contributed by atoms with E-state index in [0.29, 0.717) is 11.3 Å². The van der Waals surface area contributed by atoms with Crippen molar-refractivity contribution in [2.45, 2.75) is 6.92 Å². The largest absolute Gasteiger partial charge is 0.454 e. The van der Waals surface area contributed by atoms with Crippen LogP contribution in [0.1, 0.15) is 11.1 Å². The lowest BCUT2D eigenvalue weighted by Gasteiger charge is -2.10. The lowest BCUT2D eigenvalue weighted by Crippen LogP contribution is -2.12. The van der Waals surface area contributed by atoms with Crippen molar-refractivity contribution >= 4 is 5.84 Å². The minimum atomic E-state index is -1.03. The predicted octanol–water partition coefficient (Wildman–Crippen LogP) is 3.35. The molecule has 19 heavy (non-hydrogen) atoms. The van der Waals surface area contributed by atoms with Crippen molar-refractivity contribution in [3.8, 4) is 11.5 Å². The average molecular weight is 262 g/mol. The first-order valence-corrected chi connectivity index (χ1v) is 5.56. The third-order valence-electron chi connectivity index (χ3n) is 2.63. The topological polar surface area (TPSA) is 59.1 Å². The summed E-state index contributed by atoms with van der Waals surface area (Å²) in [4.78, 5) is 0. The summed E-state index contributed by atoms with van der Waals surface area (Å²) < 4.78 is 31.8. The summed E-state index contributed by atoms with van der Waals surface area (Å²) in [5.41, 5.74) is 6.69. The van der Waals surface area contributed by atoms with Crippen LogP contribution in [0.25, 0.3) is 0 Å². The third-order valence-corrected chi connectivity index (χ3v) is 2.63. The van der Waals surface area contributed by atoms with Gasteiger partial charge in [0, 0.05) is 5.56 Å². The number of halogens is 2. The van der Waals surface area contributed by atoms with Gasteiger partial charge in [-0.1, -0.05) is 6.07 Å². The summed E-state index contributed by atoms with van der Waals surface area (Å²) in [7, 11) is 0. The van der Waals surface area contributed by atoms with Crippen molar-refractivity contribution in [2.24, 2.45) is 5.73 Å². The van der Waals surface area contributed by atoms with Crippen molar-refractivity contribution in [1.82, 2.24) is 0 Å². The number of ether oxygens (including phenoxy) is 1. The number of nitrogens with one attached hydrogen (secondary N) is 1. The van der Waals surface area contributed by atoms with Gasteiger partial charge in [0.25, 0.3) is 0 Å². The van der Waals surface area contributed by atoms with Crippen molar-refractivity contribution < 1.29 is 13.5 Å². The van der Waals surface area contributed by atoms with Crippen molar-refractivity contribution in [3.05, 3.63) is 59.2 Å². The number of aryl methyl sites for hydroxylation is 1. The minimum absolute atomic E-state index is 0.0546. The molecule has 3 N–H and O–H groups in total. The highest BCUT2D eigenvalue weighted by Gasteiger charge is 2.10. The van der Waals surface area contributed by atoms with E-state index in [1.807, 2.05) is 0 Å². The first kappa shape index (κ1) is 13.0. The highest BCUT2D eigenvalue weighted by atomic mass is 19.2. The Morgan fingerprint density at radius 2 is 1.95 bits per heavy atom. The molecular weight excluding hydrogens is 250 g/mol. The van der Waals surface area contributed by atoms with Crippen LogP contribution in [0.4, 0.5) is 8.78 Å². The van der Waals surface area contributed by atoms with Crippen LogP contribution in [0, 0.1) is 24.0 Å². The van der Waals surface area contributed by atoms with Gasteiger partial charge in [-0.25, -0.2) is 4.39 Å². The second-order valence-corrected chi connectivity index (χ2v) is 4.04. The highest BCUT2D eigenvalue weighted by Crippen LogP contribution is 2.27. The van der Waals surface area contributed by atoms with E-state index < -0.39 is 11.6 Å². The van der Waals surface area contributed by atoms with Crippen molar-refractivity contribution in [3.63, 3.8) is 0 Å². The molecule has 98 valence electrons. The summed E-state index contributed by atoms with van der Waals surface area (Å²) in [6, 6.07) is 8.49. The molecule has 0 atom stereocenters. The molecule has 2 aromatic rings. The molecule has 0 aliphatic rings. The summed E-state index contributed by atoms with van der Waals surface area (Å²) in [5.74, 6) is -1.88.